The zero-order valence-electron chi connectivity index (χ0n) is 17.2. The van der Waals surface area contributed by atoms with Gasteiger partial charge in [0.2, 0.25) is 0 Å². The summed E-state index contributed by atoms with van der Waals surface area (Å²) in [6.45, 7) is 0. The summed E-state index contributed by atoms with van der Waals surface area (Å²) in [4.78, 5) is 16.8. The van der Waals surface area contributed by atoms with Gasteiger partial charge in [-0.2, -0.15) is 18.3 Å². The number of alkyl halides is 3. The van der Waals surface area contributed by atoms with E-state index in [0.29, 0.717) is 29.8 Å². The van der Waals surface area contributed by atoms with Crippen molar-refractivity contribution in [3.63, 3.8) is 0 Å². The largest absolute Gasteiger partial charge is 0.497 e. The Kier molecular flexibility index (Phi) is 6.66. The lowest BCUT2D eigenvalue weighted by Gasteiger charge is -2.19. The predicted molar refractivity (Wildman–Crippen MR) is 117 cm³/mol. The molecule has 0 radical (unpaired) electrons. The number of furan rings is 1. The van der Waals surface area contributed by atoms with Crippen LogP contribution in [-0.2, 0) is 11.0 Å². The fourth-order valence-corrected chi connectivity index (χ4v) is 4.33. The molecule has 1 aromatic carbocycles. The summed E-state index contributed by atoms with van der Waals surface area (Å²) in [6, 6.07) is 11.2. The Bertz CT molecular complexity index is 1170. The molecule has 1 amide bonds. The van der Waals surface area contributed by atoms with E-state index in [4.69, 9.17) is 20.8 Å². The fourth-order valence-electron chi connectivity index (χ4n) is 3.28. The number of rotatable bonds is 6. The van der Waals surface area contributed by atoms with Crippen LogP contribution >= 0.6 is 23.4 Å². The van der Waals surface area contributed by atoms with Crippen molar-refractivity contribution in [2.45, 2.75) is 23.7 Å². The molecular weight excluding hydrogens is 479 g/mol. The first-order chi connectivity index (χ1) is 15.8. The van der Waals surface area contributed by atoms with Gasteiger partial charge in [-0.25, -0.2) is 9.99 Å². The van der Waals surface area contributed by atoms with Crippen LogP contribution in [-0.4, -0.2) is 34.5 Å². The number of hydrogen-bond acceptors (Lipinski definition) is 6. The van der Waals surface area contributed by atoms with Crippen LogP contribution in [0.25, 0.3) is 0 Å². The summed E-state index contributed by atoms with van der Waals surface area (Å²) in [5.74, 6) is 0.800. The number of pyridine rings is 1. The molecule has 2 aromatic heterocycles. The highest BCUT2D eigenvalue weighted by Gasteiger charge is 2.35. The van der Waals surface area contributed by atoms with Crippen LogP contribution in [0, 0.1) is 0 Å². The number of hydrogen-bond donors (Lipinski definition) is 0. The van der Waals surface area contributed by atoms with Crippen LogP contribution in [0.1, 0.15) is 29.3 Å². The molecule has 1 aliphatic heterocycles. The van der Waals surface area contributed by atoms with Gasteiger partial charge in [0.15, 0.2) is 0 Å². The molecule has 0 N–H and O–H groups in total. The number of ether oxygens (including phenoxy) is 1. The lowest BCUT2D eigenvalue weighted by Crippen LogP contribution is -2.28. The number of thioether (sulfide) groups is 1. The first kappa shape index (κ1) is 23.2. The molecule has 33 heavy (non-hydrogen) atoms. The van der Waals surface area contributed by atoms with Crippen LogP contribution in [0.3, 0.4) is 0 Å². The van der Waals surface area contributed by atoms with Gasteiger partial charge in [-0.15, -0.1) is 0 Å². The Balaban J connectivity index is 1.52. The minimum Gasteiger partial charge on any atom is -0.497 e. The van der Waals surface area contributed by atoms with Gasteiger partial charge in [-0.05, 0) is 48.0 Å². The zero-order chi connectivity index (χ0) is 23.6. The third-order valence-corrected chi connectivity index (χ3v) is 6.32. The van der Waals surface area contributed by atoms with Crippen LogP contribution in [0.5, 0.6) is 5.75 Å². The van der Waals surface area contributed by atoms with Crippen LogP contribution in [0.4, 0.5) is 13.2 Å². The normalized spacial score (nSPS) is 16.1. The maximum atomic E-state index is 13.0. The van der Waals surface area contributed by atoms with E-state index in [1.807, 2.05) is 12.1 Å². The fraction of sp³-hybridized carbons (Fsp3) is 0.227. The molecule has 0 unspecified atom stereocenters. The molecule has 172 valence electrons. The number of methoxy groups -OCH3 is 1. The second kappa shape index (κ2) is 9.48. The lowest BCUT2D eigenvalue weighted by atomic mass is 10.0. The Morgan fingerprint density at radius 1 is 1.30 bits per heavy atom. The summed E-state index contributed by atoms with van der Waals surface area (Å²) >= 11 is 6.90. The van der Waals surface area contributed by atoms with Gasteiger partial charge in [0.25, 0.3) is 5.91 Å². The number of carbonyl (C=O) groups is 1. The number of nitrogens with zero attached hydrogens (tertiary/aromatic N) is 3. The predicted octanol–water partition coefficient (Wildman–Crippen LogP) is 5.83. The summed E-state index contributed by atoms with van der Waals surface area (Å²) in [5, 5.41) is 5.81. The van der Waals surface area contributed by atoms with Gasteiger partial charge >= 0.3 is 6.18 Å². The summed E-state index contributed by atoms with van der Waals surface area (Å²) in [7, 11) is 1.57. The molecule has 0 bridgehead atoms. The zero-order valence-corrected chi connectivity index (χ0v) is 18.7. The van der Waals surface area contributed by atoms with Gasteiger partial charge < -0.3 is 9.15 Å². The Morgan fingerprint density at radius 3 is 2.67 bits per heavy atom. The monoisotopic (exact) mass is 495 g/mol. The highest BCUT2D eigenvalue weighted by molar-refractivity contribution is 8.00. The standard InChI is InChI=1S/C22H17ClF3N3O3S/c1-31-15-6-4-13(5-7-15)17-10-18(19-3-2-8-32-19)29(28-17)20(30)12-33-21-16(23)9-14(11-27-21)22(24,25)26/h2-9,11,18H,10,12H2,1H3/t18-/m1/s1. The number of amides is 1. The van der Waals surface area contributed by atoms with Crippen molar-refractivity contribution in [3.05, 3.63) is 76.8 Å². The lowest BCUT2D eigenvalue weighted by molar-refractivity contribution is -0.138. The van der Waals surface area contributed by atoms with Crippen molar-refractivity contribution in [3.8, 4) is 5.75 Å². The van der Waals surface area contributed by atoms with Crippen molar-refractivity contribution < 1.29 is 27.1 Å². The van der Waals surface area contributed by atoms with E-state index in [1.165, 1.54) is 11.3 Å². The second-order valence-electron chi connectivity index (χ2n) is 7.05. The smallest absolute Gasteiger partial charge is 0.417 e. The number of aromatic nitrogens is 1. The van der Waals surface area contributed by atoms with Gasteiger partial charge in [-0.3, -0.25) is 4.79 Å². The number of hydrazone groups is 1. The van der Waals surface area contributed by atoms with Crippen LogP contribution in [0.15, 0.2) is 69.5 Å². The minimum absolute atomic E-state index is 0.116. The maximum Gasteiger partial charge on any atom is 0.417 e. The van der Waals surface area contributed by atoms with Gasteiger partial charge in [0, 0.05) is 12.6 Å². The molecule has 0 spiro atoms. The first-order valence-corrected chi connectivity index (χ1v) is 11.1. The molecule has 0 fully saturated rings. The maximum absolute atomic E-state index is 13.0. The molecule has 3 aromatic rings. The average molecular weight is 496 g/mol. The van der Waals surface area contributed by atoms with E-state index in [9.17, 15) is 18.0 Å². The average Bonchev–Trinajstić information content (AvgIpc) is 3.47. The minimum atomic E-state index is -4.55. The molecule has 11 heteroatoms. The Labute approximate surface area is 196 Å². The molecule has 4 rings (SSSR count). The van der Waals surface area contributed by atoms with Crippen molar-refractivity contribution in [2.75, 3.05) is 12.9 Å². The van der Waals surface area contributed by atoms with Crippen LogP contribution < -0.4 is 4.74 Å². The van der Waals surface area contributed by atoms with Crippen molar-refractivity contribution in [1.29, 1.82) is 0 Å². The molecule has 3 heterocycles. The van der Waals surface area contributed by atoms with E-state index >= 15 is 0 Å². The molecule has 1 aliphatic rings. The van der Waals surface area contributed by atoms with Crippen molar-refractivity contribution in [2.24, 2.45) is 5.10 Å². The van der Waals surface area contributed by atoms with E-state index in [-0.39, 0.29) is 21.7 Å². The van der Waals surface area contributed by atoms with Crippen molar-refractivity contribution >= 4 is 35.0 Å². The van der Waals surface area contributed by atoms with Crippen LogP contribution in [0.2, 0.25) is 5.02 Å². The van der Waals surface area contributed by atoms with E-state index < -0.39 is 17.8 Å². The third-order valence-electron chi connectivity index (χ3n) is 4.93. The topological polar surface area (TPSA) is 67.9 Å². The molecule has 0 saturated carbocycles. The van der Waals surface area contributed by atoms with E-state index in [2.05, 4.69) is 10.1 Å². The number of benzene rings is 1. The summed E-state index contributed by atoms with van der Waals surface area (Å²) in [5.41, 5.74) is 0.584. The van der Waals surface area contributed by atoms with Gasteiger partial charge in [0.05, 0.1) is 35.4 Å². The highest BCUT2D eigenvalue weighted by atomic mass is 35.5. The number of halogens is 4. The number of carbonyl (C=O) groups excluding carboxylic acids is 1. The molecular formula is C22H17ClF3N3O3S. The molecule has 1 atom stereocenters. The molecule has 6 nitrogen and oxygen atoms in total. The van der Waals surface area contributed by atoms with Gasteiger partial charge in [0.1, 0.15) is 22.6 Å². The Hall–Kier alpha value is -2.98. The summed E-state index contributed by atoms with van der Waals surface area (Å²) in [6.07, 6.45) is -1.90. The van der Waals surface area contributed by atoms with Crippen molar-refractivity contribution in [1.82, 2.24) is 9.99 Å². The molecule has 0 aliphatic carbocycles. The van der Waals surface area contributed by atoms with Gasteiger partial charge in [-0.1, -0.05) is 23.4 Å². The summed E-state index contributed by atoms with van der Waals surface area (Å²) < 4.78 is 49.1. The first-order valence-electron chi connectivity index (χ1n) is 9.69. The molecule has 0 saturated heterocycles. The third kappa shape index (κ3) is 5.17. The SMILES string of the molecule is COc1ccc(C2=NN(C(=O)CSc3ncc(C(F)(F)F)cc3Cl)[C@@H](c3ccco3)C2)cc1. The van der Waals surface area contributed by atoms with E-state index in [0.717, 1.165) is 23.4 Å². The van der Waals surface area contributed by atoms with E-state index in [1.54, 1.807) is 31.4 Å². The second-order valence-corrected chi connectivity index (χ2v) is 8.42. The quantitative estimate of drug-likeness (QED) is 0.403. The Morgan fingerprint density at radius 2 is 2.06 bits per heavy atom. The highest BCUT2D eigenvalue weighted by Crippen LogP contribution is 2.36.